The molecule has 0 saturated heterocycles. The summed E-state index contributed by atoms with van der Waals surface area (Å²) in [6, 6.07) is 10.9. The van der Waals surface area contributed by atoms with E-state index in [0.717, 1.165) is 32.2 Å². The maximum absolute atomic E-state index is 10.2. The predicted octanol–water partition coefficient (Wildman–Crippen LogP) is 4.24. The molecular formula is C25H37NO2. The van der Waals surface area contributed by atoms with Gasteiger partial charge >= 0.3 is 0 Å². The van der Waals surface area contributed by atoms with Crippen molar-refractivity contribution < 1.29 is 10.2 Å². The number of hydrogen-bond donors (Lipinski definition) is 3. The number of allylic oxidation sites excluding steroid dienone is 2. The van der Waals surface area contributed by atoms with Crippen molar-refractivity contribution in [1.29, 1.82) is 0 Å². The standard InChI is InChI=1S/C25H37NO2/c1-24(12-10-19(28)14-18(24)16-27)23-11-13-25(2)21(17-6-4-3-5-7-17)8-9-22(25)20(23)15-26/h3-8,18-20,22-23,27-28H,9-16,26H2,1-2H3. The van der Waals surface area contributed by atoms with E-state index in [4.69, 9.17) is 5.73 Å². The Bertz CT molecular complexity index is 717. The molecule has 3 aliphatic carbocycles. The summed E-state index contributed by atoms with van der Waals surface area (Å²) in [4.78, 5) is 0. The molecule has 7 unspecified atom stereocenters. The van der Waals surface area contributed by atoms with Gasteiger partial charge in [0.2, 0.25) is 0 Å². The number of rotatable bonds is 4. The summed E-state index contributed by atoms with van der Waals surface area (Å²) in [7, 11) is 0. The number of aliphatic hydroxyl groups is 2. The zero-order valence-corrected chi connectivity index (χ0v) is 17.5. The fourth-order valence-corrected chi connectivity index (χ4v) is 7.24. The molecule has 0 heterocycles. The first kappa shape index (κ1) is 20.1. The molecule has 4 rings (SSSR count). The van der Waals surface area contributed by atoms with Crippen LogP contribution in [0.25, 0.3) is 5.57 Å². The molecule has 0 amide bonds. The smallest absolute Gasteiger partial charge is 0.0544 e. The van der Waals surface area contributed by atoms with E-state index in [2.05, 4.69) is 50.3 Å². The Hall–Kier alpha value is -1.16. The van der Waals surface area contributed by atoms with Gasteiger partial charge in [0.05, 0.1) is 6.10 Å². The van der Waals surface area contributed by atoms with Crippen molar-refractivity contribution in [2.45, 2.75) is 58.5 Å². The van der Waals surface area contributed by atoms with Crippen LogP contribution in [0.15, 0.2) is 36.4 Å². The van der Waals surface area contributed by atoms with Gasteiger partial charge in [-0.3, -0.25) is 0 Å². The van der Waals surface area contributed by atoms with E-state index in [1.807, 2.05) is 0 Å². The Morgan fingerprint density at radius 2 is 1.82 bits per heavy atom. The van der Waals surface area contributed by atoms with Gasteiger partial charge in [0, 0.05) is 6.61 Å². The maximum Gasteiger partial charge on any atom is 0.0544 e. The lowest BCUT2D eigenvalue weighted by molar-refractivity contribution is -0.0904. The molecule has 0 aliphatic heterocycles. The highest BCUT2D eigenvalue weighted by atomic mass is 16.3. The van der Waals surface area contributed by atoms with Crippen molar-refractivity contribution in [3.8, 4) is 0 Å². The number of fused-ring (bicyclic) bond motifs is 1. The SMILES string of the molecule is CC12CCC(C3(C)CCC(O)CC3CO)C(CN)C1CC=C2c1ccccc1. The van der Waals surface area contributed by atoms with Crippen LogP contribution in [0.3, 0.4) is 0 Å². The summed E-state index contributed by atoms with van der Waals surface area (Å²) in [5, 5.41) is 20.3. The van der Waals surface area contributed by atoms with Gasteiger partial charge in [-0.15, -0.1) is 0 Å². The third-order valence-electron chi connectivity index (χ3n) is 8.95. The Morgan fingerprint density at radius 1 is 1.07 bits per heavy atom. The third-order valence-corrected chi connectivity index (χ3v) is 8.95. The average Bonchev–Trinajstić information content (AvgIpc) is 3.06. The van der Waals surface area contributed by atoms with Crippen LogP contribution in [0.2, 0.25) is 0 Å². The molecule has 1 aromatic carbocycles. The number of benzene rings is 1. The molecule has 2 fully saturated rings. The molecule has 0 bridgehead atoms. The molecule has 0 aromatic heterocycles. The minimum absolute atomic E-state index is 0.0782. The summed E-state index contributed by atoms with van der Waals surface area (Å²) in [6.45, 7) is 5.73. The van der Waals surface area contributed by atoms with Crippen molar-refractivity contribution in [1.82, 2.24) is 0 Å². The van der Waals surface area contributed by atoms with Crippen LogP contribution in [0.1, 0.15) is 57.9 Å². The molecule has 3 heteroatoms. The highest BCUT2D eigenvalue weighted by molar-refractivity contribution is 5.72. The first-order valence-corrected chi connectivity index (χ1v) is 11.2. The third kappa shape index (κ3) is 3.07. The van der Waals surface area contributed by atoms with E-state index >= 15 is 0 Å². The summed E-state index contributed by atoms with van der Waals surface area (Å²) >= 11 is 0. The monoisotopic (exact) mass is 383 g/mol. The van der Waals surface area contributed by atoms with Gasteiger partial charge in [-0.1, -0.05) is 50.3 Å². The van der Waals surface area contributed by atoms with Gasteiger partial charge in [0.1, 0.15) is 0 Å². The topological polar surface area (TPSA) is 66.5 Å². The highest BCUT2D eigenvalue weighted by Gasteiger charge is 2.56. The normalized spacial score (nSPS) is 43.5. The Kier molecular flexibility index (Phi) is 5.45. The molecule has 28 heavy (non-hydrogen) atoms. The van der Waals surface area contributed by atoms with Crippen molar-refractivity contribution >= 4 is 5.57 Å². The van der Waals surface area contributed by atoms with E-state index in [0.29, 0.717) is 17.8 Å². The molecule has 3 nitrogen and oxygen atoms in total. The quantitative estimate of drug-likeness (QED) is 0.728. The second-order valence-corrected chi connectivity index (χ2v) is 10.1. The zero-order valence-electron chi connectivity index (χ0n) is 17.5. The summed E-state index contributed by atoms with van der Waals surface area (Å²) < 4.78 is 0. The second kappa shape index (κ2) is 7.59. The molecule has 7 atom stereocenters. The average molecular weight is 384 g/mol. The second-order valence-electron chi connectivity index (χ2n) is 10.1. The van der Waals surface area contributed by atoms with Gasteiger partial charge in [-0.2, -0.15) is 0 Å². The van der Waals surface area contributed by atoms with Crippen molar-refractivity contribution in [2.24, 2.45) is 40.2 Å². The van der Waals surface area contributed by atoms with Crippen LogP contribution in [0, 0.1) is 34.5 Å². The predicted molar refractivity (Wildman–Crippen MR) is 114 cm³/mol. The minimum atomic E-state index is -0.256. The fourth-order valence-electron chi connectivity index (χ4n) is 7.24. The van der Waals surface area contributed by atoms with Crippen LogP contribution in [-0.2, 0) is 0 Å². The molecular weight excluding hydrogens is 346 g/mol. The van der Waals surface area contributed by atoms with E-state index in [1.54, 1.807) is 0 Å². The van der Waals surface area contributed by atoms with E-state index in [-0.39, 0.29) is 29.5 Å². The van der Waals surface area contributed by atoms with Crippen molar-refractivity contribution in [3.63, 3.8) is 0 Å². The Balaban J connectivity index is 1.63. The fraction of sp³-hybridized carbons (Fsp3) is 0.680. The van der Waals surface area contributed by atoms with Crippen LogP contribution in [-0.4, -0.2) is 29.5 Å². The molecule has 0 radical (unpaired) electrons. The number of aliphatic hydroxyl groups excluding tert-OH is 2. The number of nitrogens with two attached hydrogens (primary N) is 1. The summed E-state index contributed by atoms with van der Waals surface area (Å²) in [5.41, 5.74) is 9.59. The first-order valence-electron chi connectivity index (χ1n) is 11.2. The van der Waals surface area contributed by atoms with Crippen LogP contribution in [0.4, 0.5) is 0 Å². The van der Waals surface area contributed by atoms with Gasteiger partial charge in [0.15, 0.2) is 0 Å². The number of hydrogen-bond acceptors (Lipinski definition) is 3. The van der Waals surface area contributed by atoms with Crippen molar-refractivity contribution in [2.75, 3.05) is 13.2 Å². The van der Waals surface area contributed by atoms with E-state index in [1.165, 1.54) is 24.0 Å². The summed E-state index contributed by atoms with van der Waals surface area (Å²) in [5.74, 6) is 1.77. The molecule has 1 aromatic rings. The van der Waals surface area contributed by atoms with Gasteiger partial charge < -0.3 is 15.9 Å². The lowest BCUT2D eigenvalue weighted by atomic mass is 9.48. The zero-order chi connectivity index (χ0) is 19.9. The first-order chi connectivity index (χ1) is 13.4. The highest BCUT2D eigenvalue weighted by Crippen LogP contribution is 2.63. The van der Waals surface area contributed by atoms with Crippen LogP contribution >= 0.6 is 0 Å². The van der Waals surface area contributed by atoms with Crippen LogP contribution < -0.4 is 5.73 Å². The molecule has 3 aliphatic rings. The lowest BCUT2D eigenvalue weighted by Gasteiger charge is -2.57. The molecule has 2 saturated carbocycles. The van der Waals surface area contributed by atoms with Crippen LogP contribution in [0.5, 0.6) is 0 Å². The summed E-state index contributed by atoms with van der Waals surface area (Å²) in [6.07, 6.45) is 8.28. The molecule has 0 spiro atoms. The minimum Gasteiger partial charge on any atom is -0.396 e. The van der Waals surface area contributed by atoms with E-state index < -0.39 is 0 Å². The molecule has 154 valence electrons. The maximum atomic E-state index is 10.2. The largest absolute Gasteiger partial charge is 0.396 e. The molecule has 4 N–H and O–H groups in total. The van der Waals surface area contributed by atoms with E-state index in [9.17, 15) is 10.2 Å². The van der Waals surface area contributed by atoms with Gasteiger partial charge in [-0.05, 0) is 90.7 Å². The van der Waals surface area contributed by atoms with Gasteiger partial charge in [0.25, 0.3) is 0 Å². The van der Waals surface area contributed by atoms with Gasteiger partial charge in [-0.25, -0.2) is 0 Å². The Labute approximate surface area is 170 Å². The Morgan fingerprint density at radius 3 is 2.50 bits per heavy atom. The van der Waals surface area contributed by atoms with Crippen molar-refractivity contribution in [3.05, 3.63) is 42.0 Å². The lowest BCUT2D eigenvalue weighted by Crippen LogP contribution is -2.53.